The minimum absolute atomic E-state index is 0.710. The van der Waals surface area contributed by atoms with Gasteiger partial charge >= 0.3 is 0 Å². The third-order valence-electron chi connectivity index (χ3n) is 2.47. The predicted molar refractivity (Wildman–Crippen MR) is 64.5 cm³/mol. The Labute approximate surface area is 97.5 Å². The SMILES string of the molecule is Clc1cccc2oc(-c3ccncc3)cc12. The summed E-state index contributed by atoms with van der Waals surface area (Å²) in [6, 6.07) is 11.4. The largest absolute Gasteiger partial charge is 0.456 e. The maximum absolute atomic E-state index is 6.09. The van der Waals surface area contributed by atoms with E-state index in [1.165, 1.54) is 0 Å². The third-order valence-corrected chi connectivity index (χ3v) is 2.80. The van der Waals surface area contributed by atoms with Crippen LogP contribution in [-0.2, 0) is 0 Å². The molecule has 0 saturated carbocycles. The minimum atomic E-state index is 0.710. The molecule has 0 aliphatic carbocycles. The zero-order chi connectivity index (χ0) is 11.0. The average Bonchev–Trinajstić information content (AvgIpc) is 2.76. The van der Waals surface area contributed by atoms with E-state index < -0.39 is 0 Å². The van der Waals surface area contributed by atoms with Crippen molar-refractivity contribution in [1.82, 2.24) is 4.98 Å². The molecule has 0 unspecified atom stereocenters. The summed E-state index contributed by atoms with van der Waals surface area (Å²) in [6.45, 7) is 0. The van der Waals surface area contributed by atoms with Crippen molar-refractivity contribution in [3.63, 3.8) is 0 Å². The Kier molecular flexibility index (Phi) is 2.15. The van der Waals surface area contributed by atoms with Crippen LogP contribution < -0.4 is 0 Å². The number of pyridine rings is 1. The van der Waals surface area contributed by atoms with Crippen molar-refractivity contribution >= 4 is 22.6 Å². The number of furan rings is 1. The molecular weight excluding hydrogens is 222 g/mol. The van der Waals surface area contributed by atoms with Crippen molar-refractivity contribution in [1.29, 1.82) is 0 Å². The third kappa shape index (κ3) is 1.48. The van der Waals surface area contributed by atoms with Gasteiger partial charge in [0, 0.05) is 23.3 Å². The Bertz CT molecular complexity index is 631. The summed E-state index contributed by atoms with van der Waals surface area (Å²) in [5.74, 6) is 0.811. The first kappa shape index (κ1) is 9.43. The van der Waals surface area contributed by atoms with Crippen LogP contribution in [0.3, 0.4) is 0 Å². The topological polar surface area (TPSA) is 26.0 Å². The van der Waals surface area contributed by atoms with Gasteiger partial charge in [-0.2, -0.15) is 0 Å². The Hall–Kier alpha value is -1.80. The summed E-state index contributed by atoms with van der Waals surface area (Å²) in [5, 5.41) is 1.65. The summed E-state index contributed by atoms with van der Waals surface area (Å²) in [4.78, 5) is 3.97. The van der Waals surface area contributed by atoms with Crippen LogP contribution in [0.2, 0.25) is 5.02 Å². The number of benzene rings is 1. The highest BCUT2D eigenvalue weighted by Crippen LogP contribution is 2.31. The van der Waals surface area contributed by atoms with Crippen LogP contribution in [0.4, 0.5) is 0 Å². The maximum atomic E-state index is 6.09. The van der Waals surface area contributed by atoms with E-state index in [1.54, 1.807) is 12.4 Å². The number of hydrogen-bond donors (Lipinski definition) is 0. The van der Waals surface area contributed by atoms with Gasteiger partial charge in [0.25, 0.3) is 0 Å². The zero-order valence-corrected chi connectivity index (χ0v) is 9.11. The van der Waals surface area contributed by atoms with Crippen molar-refractivity contribution in [3.8, 4) is 11.3 Å². The van der Waals surface area contributed by atoms with E-state index in [4.69, 9.17) is 16.0 Å². The standard InChI is InChI=1S/C13H8ClNO/c14-11-2-1-3-12-10(11)8-13(16-12)9-4-6-15-7-5-9/h1-8H. The Balaban J connectivity index is 2.23. The van der Waals surface area contributed by atoms with Gasteiger partial charge in [-0.1, -0.05) is 17.7 Å². The monoisotopic (exact) mass is 229 g/mol. The van der Waals surface area contributed by atoms with Crippen LogP contribution >= 0.6 is 11.6 Å². The fourth-order valence-corrected chi connectivity index (χ4v) is 1.90. The molecule has 3 rings (SSSR count). The van der Waals surface area contributed by atoms with Gasteiger partial charge in [-0.3, -0.25) is 4.98 Å². The van der Waals surface area contributed by atoms with E-state index in [1.807, 2.05) is 36.4 Å². The molecule has 0 bridgehead atoms. The molecule has 0 radical (unpaired) electrons. The molecule has 0 aliphatic rings. The lowest BCUT2D eigenvalue weighted by molar-refractivity contribution is 0.631. The molecule has 0 spiro atoms. The zero-order valence-electron chi connectivity index (χ0n) is 8.35. The molecule has 0 N–H and O–H groups in total. The molecule has 2 heterocycles. The summed E-state index contributed by atoms with van der Waals surface area (Å²) >= 11 is 6.09. The van der Waals surface area contributed by atoms with Gasteiger partial charge in [-0.05, 0) is 30.3 Å². The first-order valence-corrected chi connectivity index (χ1v) is 5.31. The van der Waals surface area contributed by atoms with Crippen LogP contribution in [0.5, 0.6) is 0 Å². The molecule has 78 valence electrons. The smallest absolute Gasteiger partial charge is 0.136 e. The molecule has 0 amide bonds. The summed E-state index contributed by atoms with van der Waals surface area (Å²) in [5.41, 5.74) is 1.81. The van der Waals surface area contributed by atoms with E-state index in [-0.39, 0.29) is 0 Å². The van der Waals surface area contributed by atoms with Crippen molar-refractivity contribution in [2.75, 3.05) is 0 Å². The average molecular weight is 230 g/mol. The van der Waals surface area contributed by atoms with E-state index in [0.717, 1.165) is 22.3 Å². The van der Waals surface area contributed by atoms with Gasteiger partial charge in [0.05, 0.1) is 5.02 Å². The van der Waals surface area contributed by atoms with Gasteiger partial charge in [0.2, 0.25) is 0 Å². The molecule has 3 aromatic rings. The second kappa shape index (κ2) is 3.65. The number of hydrogen-bond acceptors (Lipinski definition) is 2. The van der Waals surface area contributed by atoms with Gasteiger partial charge < -0.3 is 4.42 Å². The maximum Gasteiger partial charge on any atom is 0.136 e. The first-order chi connectivity index (χ1) is 7.84. The fourth-order valence-electron chi connectivity index (χ4n) is 1.68. The Morgan fingerprint density at radius 3 is 2.62 bits per heavy atom. The second-order valence-electron chi connectivity index (χ2n) is 3.50. The molecule has 16 heavy (non-hydrogen) atoms. The van der Waals surface area contributed by atoms with Crippen molar-refractivity contribution in [2.45, 2.75) is 0 Å². The Morgan fingerprint density at radius 2 is 1.88 bits per heavy atom. The van der Waals surface area contributed by atoms with E-state index in [0.29, 0.717) is 5.02 Å². The number of fused-ring (bicyclic) bond motifs is 1. The lowest BCUT2D eigenvalue weighted by Gasteiger charge is -1.92. The van der Waals surface area contributed by atoms with Gasteiger partial charge in [-0.25, -0.2) is 0 Å². The van der Waals surface area contributed by atoms with Crippen molar-refractivity contribution < 1.29 is 4.42 Å². The van der Waals surface area contributed by atoms with Gasteiger partial charge in [0.1, 0.15) is 11.3 Å². The molecule has 0 fully saturated rings. The first-order valence-electron chi connectivity index (χ1n) is 4.93. The molecule has 0 atom stereocenters. The summed E-state index contributed by atoms with van der Waals surface area (Å²) < 4.78 is 5.72. The van der Waals surface area contributed by atoms with Crippen LogP contribution in [0, 0.1) is 0 Å². The second-order valence-corrected chi connectivity index (χ2v) is 3.91. The number of halogens is 1. The highest BCUT2D eigenvalue weighted by atomic mass is 35.5. The van der Waals surface area contributed by atoms with Crippen LogP contribution in [-0.4, -0.2) is 4.98 Å². The normalized spacial score (nSPS) is 10.8. The highest BCUT2D eigenvalue weighted by molar-refractivity contribution is 6.35. The van der Waals surface area contributed by atoms with E-state index >= 15 is 0 Å². The predicted octanol–water partition coefficient (Wildman–Crippen LogP) is 4.15. The van der Waals surface area contributed by atoms with Gasteiger partial charge in [-0.15, -0.1) is 0 Å². The molecule has 2 aromatic heterocycles. The highest BCUT2D eigenvalue weighted by Gasteiger charge is 2.07. The fraction of sp³-hybridized carbons (Fsp3) is 0. The van der Waals surface area contributed by atoms with Crippen LogP contribution in [0.25, 0.3) is 22.3 Å². The quantitative estimate of drug-likeness (QED) is 0.627. The minimum Gasteiger partial charge on any atom is -0.456 e. The summed E-state index contributed by atoms with van der Waals surface area (Å²) in [6.07, 6.45) is 3.48. The van der Waals surface area contributed by atoms with E-state index in [2.05, 4.69) is 4.98 Å². The van der Waals surface area contributed by atoms with Crippen LogP contribution in [0.1, 0.15) is 0 Å². The van der Waals surface area contributed by atoms with Gasteiger partial charge in [0.15, 0.2) is 0 Å². The molecule has 0 aliphatic heterocycles. The lowest BCUT2D eigenvalue weighted by Crippen LogP contribution is -1.73. The van der Waals surface area contributed by atoms with Crippen molar-refractivity contribution in [3.05, 3.63) is 53.8 Å². The van der Waals surface area contributed by atoms with Crippen LogP contribution in [0.15, 0.2) is 53.2 Å². The molecular formula is C13H8ClNO. The van der Waals surface area contributed by atoms with Crippen molar-refractivity contribution in [2.24, 2.45) is 0 Å². The van der Waals surface area contributed by atoms with E-state index in [9.17, 15) is 0 Å². The molecule has 2 nitrogen and oxygen atoms in total. The number of aromatic nitrogens is 1. The molecule has 3 heteroatoms. The summed E-state index contributed by atoms with van der Waals surface area (Å²) in [7, 11) is 0. The Morgan fingerprint density at radius 1 is 1.06 bits per heavy atom. The molecule has 1 aromatic carbocycles. The number of nitrogens with zero attached hydrogens (tertiary/aromatic N) is 1. The number of rotatable bonds is 1. The lowest BCUT2D eigenvalue weighted by atomic mass is 10.2. The molecule has 0 saturated heterocycles.